The highest BCUT2D eigenvalue weighted by atomic mass is 15.2. The first kappa shape index (κ1) is 16.0. The molecule has 0 bridgehead atoms. The van der Waals surface area contributed by atoms with Gasteiger partial charge in [0.05, 0.1) is 0 Å². The summed E-state index contributed by atoms with van der Waals surface area (Å²) in [6, 6.07) is 0.680. The Bertz CT molecular complexity index is 207. The number of rotatable bonds is 9. The second kappa shape index (κ2) is 8.16. The van der Waals surface area contributed by atoms with Crippen LogP contribution in [0.3, 0.4) is 0 Å². The lowest BCUT2D eigenvalue weighted by Gasteiger charge is -2.37. The summed E-state index contributed by atoms with van der Waals surface area (Å²) in [7, 11) is 4.50. The zero-order valence-electron chi connectivity index (χ0n) is 13.1. The number of likely N-dealkylation sites (N-methyl/N-ethyl adjacent to an activating group) is 1. The smallest absolute Gasteiger partial charge is 0.0327 e. The zero-order valence-corrected chi connectivity index (χ0v) is 13.1. The first-order valence-electron chi connectivity index (χ1n) is 8.01. The molecular formula is C16H34N2. The first-order valence-corrected chi connectivity index (χ1v) is 8.01. The van der Waals surface area contributed by atoms with Gasteiger partial charge in [-0.05, 0) is 40.3 Å². The second-order valence-corrected chi connectivity index (χ2v) is 6.46. The van der Waals surface area contributed by atoms with E-state index in [4.69, 9.17) is 0 Å². The van der Waals surface area contributed by atoms with Gasteiger partial charge in [-0.15, -0.1) is 0 Å². The van der Waals surface area contributed by atoms with Crippen LogP contribution < -0.4 is 5.32 Å². The van der Waals surface area contributed by atoms with E-state index in [9.17, 15) is 0 Å². The molecule has 0 aliphatic heterocycles. The molecule has 1 unspecified atom stereocenters. The van der Waals surface area contributed by atoms with Gasteiger partial charge in [-0.2, -0.15) is 0 Å². The third-order valence-corrected chi connectivity index (χ3v) is 4.75. The average molecular weight is 254 g/mol. The van der Waals surface area contributed by atoms with Crippen molar-refractivity contribution in [1.82, 2.24) is 10.2 Å². The van der Waals surface area contributed by atoms with E-state index >= 15 is 0 Å². The van der Waals surface area contributed by atoms with Crippen molar-refractivity contribution in [3.05, 3.63) is 0 Å². The van der Waals surface area contributed by atoms with Crippen LogP contribution in [0.15, 0.2) is 0 Å². The van der Waals surface area contributed by atoms with Crippen LogP contribution in [0.1, 0.15) is 71.6 Å². The molecule has 1 fully saturated rings. The molecule has 0 radical (unpaired) electrons. The van der Waals surface area contributed by atoms with Crippen molar-refractivity contribution in [3.63, 3.8) is 0 Å². The number of hydrogen-bond acceptors (Lipinski definition) is 2. The summed E-state index contributed by atoms with van der Waals surface area (Å²) < 4.78 is 0. The molecule has 2 heteroatoms. The van der Waals surface area contributed by atoms with Gasteiger partial charge in [0.2, 0.25) is 0 Å². The molecule has 0 saturated heterocycles. The highest BCUT2D eigenvalue weighted by Gasteiger charge is 2.35. The van der Waals surface area contributed by atoms with E-state index < -0.39 is 0 Å². The summed E-state index contributed by atoms with van der Waals surface area (Å²) in [6.07, 6.45) is 12.4. The maximum Gasteiger partial charge on any atom is 0.0327 e. The van der Waals surface area contributed by atoms with Crippen LogP contribution in [0.4, 0.5) is 0 Å². The number of nitrogens with zero attached hydrogens (tertiary/aromatic N) is 1. The summed E-state index contributed by atoms with van der Waals surface area (Å²) >= 11 is 0. The van der Waals surface area contributed by atoms with Gasteiger partial charge in [0.1, 0.15) is 0 Å². The molecular weight excluding hydrogens is 220 g/mol. The lowest BCUT2D eigenvalue weighted by atomic mass is 9.95. The molecule has 0 aromatic rings. The second-order valence-electron chi connectivity index (χ2n) is 6.46. The van der Waals surface area contributed by atoms with Gasteiger partial charge in [0.15, 0.2) is 0 Å². The van der Waals surface area contributed by atoms with Crippen LogP contribution >= 0.6 is 0 Å². The minimum absolute atomic E-state index is 0.442. The van der Waals surface area contributed by atoms with Crippen LogP contribution in [-0.2, 0) is 0 Å². The summed E-state index contributed by atoms with van der Waals surface area (Å²) in [5.74, 6) is 0. The van der Waals surface area contributed by atoms with Crippen LogP contribution in [0, 0.1) is 0 Å². The van der Waals surface area contributed by atoms with Gasteiger partial charge in [0, 0.05) is 18.1 Å². The fraction of sp³-hybridized carbons (Fsp3) is 1.00. The Hall–Kier alpha value is -0.0800. The first-order chi connectivity index (χ1) is 8.60. The van der Waals surface area contributed by atoms with Crippen LogP contribution in [0.2, 0.25) is 0 Å². The van der Waals surface area contributed by atoms with Gasteiger partial charge in [-0.3, -0.25) is 0 Å². The molecule has 1 atom stereocenters. The van der Waals surface area contributed by atoms with Crippen molar-refractivity contribution in [2.75, 3.05) is 20.6 Å². The predicted octanol–water partition coefficient (Wildman–Crippen LogP) is 3.81. The normalized spacial score (nSPS) is 20.5. The van der Waals surface area contributed by atoms with Crippen molar-refractivity contribution in [2.45, 2.75) is 83.2 Å². The molecule has 0 aromatic heterocycles. The van der Waals surface area contributed by atoms with E-state index in [0.29, 0.717) is 11.6 Å². The summed E-state index contributed by atoms with van der Waals surface area (Å²) in [5.41, 5.74) is 0.442. The molecule has 1 saturated carbocycles. The van der Waals surface area contributed by atoms with Gasteiger partial charge in [0.25, 0.3) is 0 Å². The summed E-state index contributed by atoms with van der Waals surface area (Å²) in [5, 5.41) is 3.78. The average Bonchev–Trinajstić information content (AvgIpc) is 2.82. The van der Waals surface area contributed by atoms with E-state index in [0.717, 1.165) is 0 Å². The van der Waals surface area contributed by atoms with Crippen LogP contribution in [0.25, 0.3) is 0 Å². The van der Waals surface area contributed by atoms with Gasteiger partial charge < -0.3 is 10.2 Å². The molecule has 108 valence electrons. The third-order valence-electron chi connectivity index (χ3n) is 4.75. The number of nitrogens with one attached hydrogen (secondary N) is 1. The SMILES string of the molecule is CCCCCCC(C)NCC1(N(C)C)CCCC1. The predicted molar refractivity (Wildman–Crippen MR) is 81.1 cm³/mol. The zero-order chi connectivity index (χ0) is 13.4. The molecule has 1 aliphatic carbocycles. The Morgan fingerprint density at radius 2 is 1.78 bits per heavy atom. The molecule has 2 nitrogen and oxygen atoms in total. The van der Waals surface area contributed by atoms with E-state index in [1.165, 1.54) is 64.3 Å². The van der Waals surface area contributed by atoms with Crippen molar-refractivity contribution < 1.29 is 0 Å². The molecule has 1 rings (SSSR count). The van der Waals surface area contributed by atoms with Crippen molar-refractivity contribution in [2.24, 2.45) is 0 Å². The third kappa shape index (κ3) is 4.89. The molecule has 1 aliphatic rings. The van der Waals surface area contributed by atoms with Crippen molar-refractivity contribution >= 4 is 0 Å². The molecule has 0 spiro atoms. The Morgan fingerprint density at radius 1 is 1.11 bits per heavy atom. The molecule has 18 heavy (non-hydrogen) atoms. The fourth-order valence-electron chi connectivity index (χ4n) is 3.16. The topological polar surface area (TPSA) is 15.3 Å². The Morgan fingerprint density at radius 3 is 2.33 bits per heavy atom. The highest BCUT2D eigenvalue weighted by Crippen LogP contribution is 2.33. The minimum atomic E-state index is 0.442. The van der Waals surface area contributed by atoms with Crippen molar-refractivity contribution in [3.8, 4) is 0 Å². The number of hydrogen-bond donors (Lipinski definition) is 1. The Kier molecular flexibility index (Phi) is 7.25. The van der Waals surface area contributed by atoms with Crippen molar-refractivity contribution in [1.29, 1.82) is 0 Å². The quantitative estimate of drug-likeness (QED) is 0.629. The molecule has 0 aromatic carbocycles. The largest absolute Gasteiger partial charge is 0.312 e. The minimum Gasteiger partial charge on any atom is -0.312 e. The van der Waals surface area contributed by atoms with E-state index in [1.807, 2.05) is 0 Å². The highest BCUT2D eigenvalue weighted by molar-refractivity contribution is 4.94. The summed E-state index contributed by atoms with van der Waals surface area (Å²) in [6.45, 7) is 5.81. The Balaban J connectivity index is 2.21. The van der Waals surface area contributed by atoms with Gasteiger partial charge >= 0.3 is 0 Å². The van der Waals surface area contributed by atoms with E-state index in [1.54, 1.807) is 0 Å². The number of unbranched alkanes of at least 4 members (excludes halogenated alkanes) is 3. The lowest BCUT2D eigenvalue weighted by molar-refractivity contribution is 0.149. The van der Waals surface area contributed by atoms with Crippen LogP contribution in [0.5, 0.6) is 0 Å². The standard InChI is InChI=1S/C16H34N2/c1-5-6-7-8-11-15(2)17-14-16(18(3)4)12-9-10-13-16/h15,17H,5-14H2,1-4H3. The van der Waals surface area contributed by atoms with Crippen LogP contribution in [-0.4, -0.2) is 37.1 Å². The molecule has 0 heterocycles. The Labute approximate surface area is 115 Å². The molecule has 0 amide bonds. The maximum atomic E-state index is 3.78. The van der Waals surface area contributed by atoms with Gasteiger partial charge in [-0.1, -0.05) is 45.4 Å². The molecule has 1 N–H and O–H groups in total. The van der Waals surface area contributed by atoms with E-state index in [-0.39, 0.29) is 0 Å². The van der Waals surface area contributed by atoms with E-state index in [2.05, 4.69) is 38.2 Å². The van der Waals surface area contributed by atoms with Gasteiger partial charge in [-0.25, -0.2) is 0 Å². The lowest BCUT2D eigenvalue weighted by Crippen LogP contribution is -2.51. The maximum absolute atomic E-state index is 3.78. The monoisotopic (exact) mass is 254 g/mol. The summed E-state index contributed by atoms with van der Waals surface area (Å²) in [4.78, 5) is 2.46. The fourth-order valence-corrected chi connectivity index (χ4v) is 3.16.